The lowest BCUT2D eigenvalue weighted by molar-refractivity contribution is -0.143. The number of nitrogens with one attached hydrogen (secondary N) is 2. The molecule has 0 radical (unpaired) electrons. The van der Waals surface area contributed by atoms with Crippen molar-refractivity contribution in [1.82, 2.24) is 10.6 Å². The van der Waals surface area contributed by atoms with Gasteiger partial charge in [0.25, 0.3) is 0 Å². The maximum Gasteiger partial charge on any atom is 0.325 e. The predicted octanol–water partition coefficient (Wildman–Crippen LogP) is 4.46. The molecule has 4 rings (SSSR count). The third kappa shape index (κ3) is 9.69. The largest absolute Gasteiger partial charge is 0.507 e. The van der Waals surface area contributed by atoms with E-state index in [1.807, 2.05) is 0 Å². The molecule has 20 nitrogen and oxygen atoms in total. The van der Waals surface area contributed by atoms with E-state index in [0.717, 1.165) is 26.3 Å². The molecular weight excluding hydrogens is 840 g/mol. The first-order valence-electron chi connectivity index (χ1n) is 19.8. The van der Waals surface area contributed by atoms with E-state index in [1.165, 1.54) is 12.1 Å². The van der Waals surface area contributed by atoms with Gasteiger partial charge in [0, 0.05) is 56.6 Å². The van der Waals surface area contributed by atoms with Gasteiger partial charge in [-0.3, -0.25) is 38.8 Å². The Bertz CT molecular complexity index is 2490. The van der Waals surface area contributed by atoms with Crippen LogP contribution in [0.3, 0.4) is 0 Å². The van der Waals surface area contributed by atoms with Gasteiger partial charge < -0.3 is 61.7 Å². The fraction of sp³-hybridized carbons (Fsp3) is 0.364. The van der Waals surface area contributed by atoms with Gasteiger partial charge in [-0.1, -0.05) is 39.8 Å². The number of hydrogen-bond acceptors (Lipinski definition) is 14. The van der Waals surface area contributed by atoms with E-state index in [-0.39, 0.29) is 54.9 Å². The lowest BCUT2D eigenvalue weighted by Crippen LogP contribution is -2.43. The molecule has 0 aliphatic carbocycles. The predicted molar refractivity (Wildman–Crippen MR) is 232 cm³/mol. The number of phenols is 6. The number of benzene rings is 4. The second-order valence-electron chi connectivity index (χ2n) is 16.0. The van der Waals surface area contributed by atoms with Gasteiger partial charge >= 0.3 is 23.9 Å². The number of nitrogens with zero attached hydrogens (tertiary/aromatic N) is 2. The number of fused-ring (bicyclic) bond motifs is 2. The zero-order valence-corrected chi connectivity index (χ0v) is 36.0. The molecule has 4 aromatic carbocycles. The molecule has 4 unspecified atom stereocenters. The Kier molecular flexibility index (Phi) is 14.7. The first-order valence-corrected chi connectivity index (χ1v) is 19.8. The molecule has 12 N–H and O–H groups in total. The van der Waals surface area contributed by atoms with E-state index in [4.69, 9.17) is 0 Å². The van der Waals surface area contributed by atoms with Crippen molar-refractivity contribution >= 4 is 69.7 Å². The lowest BCUT2D eigenvalue weighted by Gasteiger charge is -2.24. The summed E-state index contributed by atoms with van der Waals surface area (Å²) in [4.78, 5) is 80.5. The Labute approximate surface area is 364 Å². The van der Waals surface area contributed by atoms with E-state index in [1.54, 1.807) is 41.5 Å². The second-order valence-corrected chi connectivity index (χ2v) is 16.0. The van der Waals surface area contributed by atoms with Crippen molar-refractivity contribution in [2.75, 3.05) is 0 Å². The number of carbonyl (C=O) groups is 6. The summed E-state index contributed by atoms with van der Waals surface area (Å²) in [6.07, 6.45) is -0.173. The van der Waals surface area contributed by atoms with Gasteiger partial charge in [-0.15, -0.1) is 0 Å². The standard InChI is InChI=1S/C44H50N4O16/c1-15(2)29-21-9-17(5)31(37(55)33(21)23(35(53)39(29)57)13-45-25(11-27(49)50)41(59)47-19(7)43(61)62)32-18(6)10-22-30(16(3)4)40(58)36(54)24(34(22)38(32)56)14-46-26(12-28(51)52)42(60)48-20(8)44(63)64/h9-10,13-16,19-20,25-26,53-58H,11-12H2,1-8H3,(H,47,59)(H,48,60)(H,49,50)(H,51,52)(H,61,62)(H,63,64). The van der Waals surface area contributed by atoms with Crippen molar-refractivity contribution in [3.63, 3.8) is 0 Å². The number of aliphatic imine (C=N–C) groups is 2. The minimum Gasteiger partial charge on any atom is -0.507 e. The van der Waals surface area contributed by atoms with Crippen LogP contribution in [-0.4, -0.2) is 123 Å². The molecular formula is C44H50N4O16. The molecule has 0 saturated heterocycles. The number of aryl methyl sites for hydroxylation is 2. The fourth-order valence-electron chi connectivity index (χ4n) is 7.45. The van der Waals surface area contributed by atoms with Crippen LogP contribution >= 0.6 is 0 Å². The summed E-state index contributed by atoms with van der Waals surface area (Å²) in [5.74, 6) is -13.2. The average Bonchev–Trinajstić information content (AvgIpc) is 3.17. The first kappa shape index (κ1) is 49.0. The average molecular weight is 891 g/mol. The number of carboxylic acids is 4. The molecule has 4 atom stereocenters. The van der Waals surface area contributed by atoms with Crippen LogP contribution in [0, 0.1) is 13.8 Å². The molecule has 2 amide bonds. The highest BCUT2D eigenvalue weighted by molar-refractivity contribution is 6.15. The Balaban J connectivity index is 2.15. The van der Waals surface area contributed by atoms with Crippen molar-refractivity contribution in [3.05, 3.63) is 45.5 Å². The Hall–Kier alpha value is -7.64. The zero-order chi connectivity index (χ0) is 48.4. The van der Waals surface area contributed by atoms with Gasteiger partial charge in [0.05, 0.1) is 12.8 Å². The number of carboxylic acid groups (broad SMARTS) is 4. The minimum atomic E-state index is -1.76. The van der Waals surface area contributed by atoms with Crippen molar-refractivity contribution in [3.8, 4) is 45.6 Å². The summed E-state index contributed by atoms with van der Waals surface area (Å²) in [7, 11) is 0. The lowest BCUT2D eigenvalue weighted by atomic mass is 9.83. The maximum absolute atomic E-state index is 13.0. The van der Waals surface area contributed by atoms with Crippen LogP contribution in [0.4, 0.5) is 0 Å². The Morgan fingerprint density at radius 3 is 1.11 bits per heavy atom. The number of aliphatic carboxylic acids is 4. The summed E-state index contributed by atoms with van der Waals surface area (Å²) >= 11 is 0. The highest BCUT2D eigenvalue weighted by atomic mass is 16.4. The number of phenolic OH excluding ortho intramolecular Hbond substituents is 6. The first-order chi connectivity index (χ1) is 29.7. The van der Waals surface area contributed by atoms with Crippen molar-refractivity contribution < 1.29 is 79.8 Å². The summed E-state index contributed by atoms with van der Waals surface area (Å²) in [6, 6.07) is -3.36. The van der Waals surface area contributed by atoms with E-state index in [0.29, 0.717) is 0 Å². The molecule has 342 valence electrons. The topological polar surface area (TPSA) is 353 Å². The Morgan fingerprint density at radius 2 is 0.844 bits per heavy atom. The Morgan fingerprint density at radius 1 is 0.531 bits per heavy atom. The minimum absolute atomic E-state index is 0.0821. The number of hydrogen-bond donors (Lipinski definition) is 12. The van der Waals surface area contributed by atoms with Crippen LogP contribution in [0.2, 0.25) is 0 Å². The van der Waals surface area contributed by atoms with E-state index < -0.39 is 130 Å². The third-order valence-corrected chi connectivity index (χ3v) is 10.6. The van der Waals surface area contributed by atoms with Crippen LogP contribution in [0.15, 0.2) is 22.1 Å². The zero-order valence-electron chi connectivity index (χ0n) is 36.0. The van der Waals surface area contributed by atoms with Crippen LogP contribution in [-0.2, 0) is 28.8 Å². The summed E-state index contributed by atoms with van der Waals surface area (Å²) < 4.78 is 0. The van der Waals surface area contributed by atoms with Gasteiger partial charge in [-0.25, -0.2) is 0 Å². The number of carbonyl (C=O) groups excluding carboxylic acids is 2. The second kappa shape index (κ2) is 19.2. The molecule has 4 aromatic rings. The SMILES string of the molecule is Cc1cc2c(C(C)C)c(O)c(O)c(C=NC(CC(=O)O)C(=O)NC(C)C(=O)O)c2c(O)c1-c1c(C)cc2c(C(C)C)c(O)c(O)c(C=NC(CC(=O)O)C(=O)NC(C)C(=O)O)c2c1O. The molecule has 0 fully saturated rings. The van der Waals surface area contributed by atoms with E-state index >= 15 is 0 Å². The van der Waals surface area contributed by atoms with Crippen molar-refractivity contribution in [1.29, 1.82) is 0 Å². The van der Waals surface area contributed by atoms with Gasteiger partial charge in [-0.2, -0.15) is 0 Å². The molecule has 20 heteroatoms. The van der Waals surface area contributed by atoms with Crippen LogP contribution in [0.5, 0.6) is 34.5 Å². The molecule has 0 bridgehead atoms. The summed E-state index contributed by atoms with van der Waals surface area (Å²) in [6.45, 7) is 12.1. The third-order valence-electron chi connectivity index (χ3n) is 10.6. The highest BCUT2D eigenvalue weighted by Crippen LogP contribution is 2.54. The van der Waals surface area contributed by atoms with E-state index in [9.17, 15) is 79.8 Å². The summed E-state index contributed by atoms with van der Waals surface area (Å²) in [5, 5.41) is 112. The van der Waals surface area contributed by atoms with Crippen LogP contribution in [0.25, 0.3) is 32.7 Å². The van der Waals surface area contributed by atoms with Gasteiger partial charge in [-0.05, 0) is 61.4 Å². The highest BCUT2D eigenvalue weighted by Gasteiger charge is 2.31. The van der Waals surface area contributed by atoms with Crippen molar-refractivity contribution in [2.45, 2.75) is 104 Å². The monoisotopic (exact) mass is 890 g/mol. The van der Waals surface area contributed by atoms with Crippen LogP contribution in [0.1, 0.15) is 99.6 Å². The number of amides is 2. The number of rotatable bonds is 17. The maximum atomic E-state index is 13.0. The van der Waals surface area contributed by atoms with Crippen LogP contribution < -0.4 is 10.6 Å². The van der Waals surface area contributed by atoms with E-state index in [2.05, 4.69) is 20.6 Å². The van der Waals surface area contributed by atoms with Gasteiger partial charge in [0.15, 0.2) is 23.0 Å². The molecule has 0 aliphatic heterocycles. The fourth-order valence-corrected chi connectivity index (χ4v) is 7.45. The molecule has 64 heavy (non-hydrogen) atoms. The molecule has 0 spiro atoms. The molecule has 0 saturated carbocycles. The van der Waals surface area contributed by atoms with Gasteiger partial charge in [0.1, 0.15) is 35.7 Å². The molecule has 0 aliphatic rings. The molecule has 0 heterocycles. The normalized spacial score (nSPS) is 13.7. The number of aromatic hydroxyl groups is 6. The molecule has 0 aromatic heterocycles. The summed E-state index contributed by atoms with van der Waals surface area (Å²) in [5.41, 5.74) is -0.110. The quantitative estimate of drug-likeness (QED) is 0.0514. The van der Waals surface area contributed by atoms with Crippen molar-refractivity contribution in [2.24, 2.45) is 9.98 Å². The van der Waals surface area contributed by atoms with Gasteiger partial charge in [0.2, 0.25) is 11.8 Å². The smallest absolute Gasteiger partial charge is 0.325 e.